The third-order valence-corrected chi connectivity index (χ3v) is 4.35. The lowest BCUT2D eigenvalue weighted by Gasteiger charge is -2.25. The lowest BCUT2D eigenvalue weighted by atomic mass is 10.1. The van der Waals surface area contributed by atoms with Crippen LogP contribution < -0.4 is 0 Å². The first-order valence-corrected chi connectivity index (χ1v) is 7.83. The summed E-state index contributed by atoms with van der Waals surface area (Å²) in [5, 5.41) is 1.52. The van der Waals surface area contributed by atoms with Gasteiger partial charge in [-0.15, -0.1) is 0 Å². The van der Waals surface area contributed by atoms with Gasteiger partial charge in [-0.05, 0) is 49.7 Å². The molecule has 106 valence electrons. The minimum Gasteiger partial charge on any atom is -0.356 e. The number of likely N-dealkylation sites (tertiary alicyclic amines) is 1. The van der Waals surface area contributed by atoms with Crippen molar-refractivity contribution >= 4 is 23.2 Å². The molecule has 0 bridgehead atoms. The quantitative estimate of drug-likeness (QED) is 0.847. The average Bonchev–Trinajstić information content (AvgIpc) is 2.81. The predicted molar refractivity (Wildman–Crippen MR) is 85.4 cm³/mol. The van der Waals surface area contributed by atoms with E-state index in [4.69, 9.17) is 23.2 Å². The molecule has 3 rings (SSSR count). The molecule has 2 nitrogen and oxygen atoms in total. The number of nitrogens with one attached hydrogen (secondary N) is 1. The molecule has 1 aliphatic rings. The minimum absolute atomic E-state index is 0.741. The molecular formula is C16H18Cl2N2. The van der Waals surface area contributed by atoms with Crippen LogP contribution in [0.2, 0.25) is 10.0 Å². The molecule has 2 aromatic rings. The average molecular weight is 309 g/mol. The summed E-state index contributed by atoms with van der Waals surface area (Å²) in [5.74, 6) is 0. The number of nitrogens with zero attached hydrogens (tertiary/aromatic N) is 1. The maximum absolute atomic E-state index is 6.35. The number of H-pyrrole nitrogens is 1. The molecule has 0 aliphatic carbocycles. The minimum atomic E-state index is 0.741. The summed E-state index contributed by atoms with van der Waals surface area (Å²) >= 11 is 12.3. The molecule has 0 spiro atoms. The maximum atomic E-state index is 6.35. The standard InChI is InChI=1S/C16H18Cl2N2/c17-13-6-4-12(5-7-13)16-15(18)10-14(19-16)11-20-8-2-1-3-9-20/h4-7,10,19H,1-3,8-9,11H2. The number of benzene rings is 1. The number of piperidine rings is 1. The summed E-state index contributed by atoms with van der Waals surface area (Å²) in [6.07, 6.45) is 3.97. The molecule has 1 aromatic heterocycles. The van der Waals surface area contributed by atoms with Crippen LogP contribution in [0, 0.1) is 0 Å². The predicted octanol–water partition coefficient (Wildman–Crippen LogP) is 4.97. The van der Waals surface area contributed by atoms with E-state index in [9.17, 15) is 0 Å². The van der Waals surface area contributed by atoms with Crippen LogP contribution in [0.15, 0.2) is 30.3 Å². The third-order valence-electron chi connectivity index (χ3n) is 3.80. The summed E-state index contributed by atoms with van der Waals surface area (Å²) in [4.78, 5) is 5.93. The van der Waals surface area contributed by atoms with Gasteiger partial charge in [0.1, 0.15) is 0 Å². The van der Waals surface area contributed by atoms with E-state index < -0.39 is 0 Å². The van der Waals surface area contributed by atoms with Crippen molar-refractivity contribution in [1.82, 2.24) is 9.88 Å². The van der Waals surface area contributed by atoms with Crippen LogP contribution in [0.1, 0.15) is 25.0 Å². The molecule has 1 saturated heterocycles. The van der Waals surface area contributed by atoms with E-state index in [1.54, 1.807) is 0 Å². The molecule has 1 N–H and O–H groups in total. The summed E-state index contributed by atoms with van der Waals surface area (Å²) in [7, 11) is 0. The summed E-state index contributed by atoms with van der Waals surface area (Å²) < 4.78 is 0. The number of halogens is 2. The van der Waals surface area contributed by atoms with Gasteiger partial charge in [-0.25, -0.2) is 0 Å². The summed E-state index contributed by atoms with van der Waals surface area (Å²) in [5.41, 5.74) is 3.24. The van der Waals surface area contributed by atoms with Gasteiger partial charge in [-0.1, -0.05) is 41.8 Å². The number of hydrogen-bond donors (Lipinski definition) is 1. The largest absolute Gasteiger partial charge is 0.356 e. The van der Waals surface area contributed by atoms with Crippen LogP contribution in [-0.2, 0) is 6.54 Å². The molecule has 2 heterocycles. The summed E-state index contributed by atoms with van der Waals surface area (Å²) in [6.45, 7) is 3.33. The van der Waals surface area contributed by atoms with Crippen molar-refractivity contribution in [3.63, 3.8) is 0 Å². The van der Waals surface area contributed by atoms with Crippen LogP contribution in [-0.4, -0.2) is 23.0 Å². The Kier molecular flexibility index (Phi) is 4.35. The monoisotopic (exact) mass is 308 g/mol. The van der Waals surface area contributed by atoms with Crippen molar-refractivity contribution in [2.45, 2.75) is 25.8 Å². The fourth-order valence-corrected chi connectivity index (χ4v) is 3.17. The van der Waals surface area contributed by atoms with Gasteiger partial charge < -0.3 is 4.98 Å². The Morgan fingerprint density at radius 2 is 1.70 bits per heavy atom. The second kappa shape index (κ2) is 6.21. The lowest BCUT2D eigenvalue weighted by Crippen LogP contribution is -2.29. The SMILES string of the molecule is Clc1ccc(-c2[nH]c(CN3CCCCC3)cc2Cl)cc1. The normalized spacial score (nSPS) is 16.5. The first-order valence-electron chi connectivity index (χ1n) is 7.08. The summed E-state index contributed by atoms with van der Waals surface area (Å²) in [6, 6.07) is 9.80. The Balaban J connectivity index is 1.78. The fraction of sp³-hybridized carbons (Fsp3) is 0.375. The van der Waals surface area contributed by atoms with E-state index in [-0.39, 0.29) is 0 Å². The van der Waals surface area contributed by atoms with Gasteiger partial charge in [-0.2, -0.15) is 0 Å². The Morgan fingerprint density at radius 3 is 2.40 bits per heavy atom. The van der Waals surface area contributed by atoms with Gasteiger partial charge in [0, 0.05) is 17.3 Å². The highest BCUT2D eigenvalue weighted by Crippen LogP contribution is 2.29. The second-order valence-corrected chi connectivity index (χ2v) is 6.20. The zero-order valence-corrected chi connectivity index (χ0v) is 12.8. The number of aromatic nitrogens is 1. The highest BCUT2D eigenvalue weighted by molar-refractivity contribution is 6.33. The van der Waals surface area contributed by atoms with Gasteiger partial charge in [0.2, 0.25) is 0 Å². The number of hydrogen-bond acceptors (Lipinski definition) is 1. The molecule has 0 unspecified atom stereocenters. The van der Waals surface area contributed by atoms with E-state index in [2.05, 4.69) is 9.88 Å². The van der Waals surface area contributed by atoms with Crippen molar-refractivity contribution in [3.8, 4) is 11.3 Å². The van der Waals surface area contributed by atoms with Crippen molar-refractivity contribution in [3.05, 3.63) is 46.1 Å². The number of aromatic amines is 1. The van der Waals surface area contributed by atoms with Crippen molar-refractivity contribution in [2.24, 2.45) is 0 Å². The zero-order chi connectivity index (χ0) is 13.9. The van der Waals surface area contributed by atoms with Crippen LogP contribution in [0.25, 0.3) is 11.3 Å². The van der Waals surface area contributed by atoms with E-state index in [1.807, 2.05) is 30.3 Å². The Bertz CT molecular complexity index is 569. The zero-order valence-electron chi connectivity index (χ0n) is 11.3. The molecule has 1 aliphatic heterocycles. The highest BCUT2D eigenvalue weighted by Gasteiger charge is 2.14. The van der Waals surface area contributed by atoms with Crippen molar-refractivity contribution in [2.75, 3.05) is 13.1 Å². The van der Waals surface area contributed by atoms with Gasteiger partial charge in [0.15, 0.2) is 0 Å². The van der Waals surface area contributed by atoms with Crippen LogP contribution in [0.4, 0.5) is 0 Å². The van der Waals surface area contributed by atoms with Crippen LogP contribution in [0.3, 0.4) is 0 Å². The first kappa shape index (κ1) is 14.0. The second-order valence-electron chi connectivity index (χ2n) is 5.36. The number of rotatable bonds is 3. The van der Waals surface area contributed by atoms with E-state index in [0.29, 0.717) is 0 Å². The van der Waals surface area contributed by atoms with Crippen LogP contribution in [0.5, 0.6) is 0 Å². The van der Waals surface area contributed by atoms with E-state index >= 15 is 0 Å². The lowest BCUT2D eigenvalue weighted by molar-refractivity contribution is 0.219. The fourth-order valence-electron chi connectivity index (χ4n) is 2.75. The smallest absolute Gasteiger partial charge is 0.0664 e. The Morgan fingerprint density at radius 1 is 1.00 bits per heavy atom. The molecule has 1 fully saturated rings. The van der Waals surface area contributed by atoms with Crippen molar-refractivity contribution in [1.29, 1.82) is 0 Å². The van der Waals surface area contributed by atoms with E-state index in [1.165, 1.54) is 38.0 Å². The first-order chi connectivity index (χ1) is 9.72. The highest BCUT2D eigenvalue weighted by atomic mass is 35.5. The van der Waals surface area contributed by atoms with Gasteiger partial charge in [-0.3, -0.25) is 4.90 Å². The van der Waals surface area contributed by atoms with Gasteiger partial charge >= 0.3 is 0 Å². The van der Waals surface area contributed by atoms with Gasteiger partial charge in [0.25, 0.3) is 0 Å². The van der Waals surface area contributed by atoms with Crippen molar-refractivity contribution < 1.29 is 0 Å². The molecule has 0 saturated carbocycles. The van der Waals surface area contributed by atoms with Gasteiger partial charge in [0.05, 0.1) is 10.7 Å². The molecule has 0 radical (unpaired) electrons. The molecular weight excluding hydrogens is 291 g/mol. The van der Waals surface area contributed by atoms with E-state index in [0.717, 1.165) is 27.8 Å². The Hall–Kier alpha value is -0.960. The molecule has 0 amide bonds. The molecule has 20 heavy (non-hydrogen) atoms. The Labute approximate surface area is 129 Å². The van der Waals surface area contributed by atoms with Crippen LogP contribution >= 0.6 is 23.2 Å². The maximum Gasteiger partial charge on any atom is 0.0664 e. The topological polar surface area (TPSA) is 19.0 Å². The third kappa shape index (κ3) is 3.20. The molecule has 0 atom stereocenters. The molecule has 1 aromatic carbocycles. The molecule has 4 heteroatoms.